The Bertz CT molecular complexity index is 578. The van der Waals surface area contributed by atoms with Gasteiger partial charge in [-0.25, -0.2) is 4.98 Å². The van der Waals surface area contributed by atoms with Crippen LogP contribution in [0.15, 0.2) is 30.6 Å². The zero-order valence-corrected chi connectivity index (χ0v) is 11.1. The number of hydrogen-bond acceptors (Lipinski definition) is 3. The van der Waals surface area contributed by atoms with Crippen molar-refractivity contribution in [2.24, 2.45) is 0 Å². The second-order valence-corrected chi connectivity index (χ2v) is 4.44. The monoisotopic (exact) mass is 259 g/mol. The normalized spacial score (nSPS) is 12.3. The number of carboxylic acid groups (broad SMARTS) is 1. The maximum Gasteiger partial charge on any atom is 0.311 e. The molecule has 1 N–H and O–H groups in total. The van der Waals surface area contributed by atoms with Gasteiger partial charge in [-0.1, -0.05) is 24.3 Å². The summed E-state index contributed by atoms with van der Waals surface area (Å²) in [7, 11) is 0. The lowest BCUT2D eigenvalue weighted by Crippen LogP contribution is -2.18. The van der Waals surface area contributed by atoms with Gasteiger partial charge in [0.2, 0.25) is 0 Å². The fourth-order valence-corrected chi connectivity index (χ4v) is 2.20. The molecule has 0 saturated carbocycles. The van der Waals surface area contributed by atoms with E-state index in [0.717, 1.165) is 11.1 Å². The van der Waals surface area contributed by atoms with E-state index in [1.54, 1.807) is 4.68 Å². The summed E-state index contributed by atoms with van der Waals surface area (Å²) in [5, 5.41) is 13.5. The van der Waals surface area contributed by atoms with Crippen LogP contribution >= 0.6 is 0 Å². The lowest BCUT2D eigenvalue weighted by atomic mass is 9.92. The molecule has 2 rings (SSSR count). The molecular weight excluding hydrogens is 242 g/mol. The molecule has 1 unspecified atom stereocenters. The predicted octanol–water partition coefficient (Wildman–Crippen LogP) is 2.02. The van der Waals surface area contributed by atoms with Gasteiger partial charge in [-0.05, 0) is 25.0 Å². The van der Waals surface area contributed by atoms with Gasteiger partial charge in [-0.15, -0.1) is 0 Å². The van der Waals surface area contributed by atoms with Gasteiger partial charge in [0.15, 0.2) is 0 Å². The molecule has 19 heavy (non-hydrogen) atoms. The molecule has 1 atom stereocenters. The van der Waals surface area contributed by atoms with Gasteiger partial charge >= 0.3 is 5.97 Å². The Hall–Kier alpha value is -2.17. The molecule has 2 aromatic rings. The number of nitrogens with zero attached hydrogens (tertiary/aromatic N) is 3. The zero-order valence-electron chi connectivity index (χ0n) is 11.1. The minimum Gasteiger partial charge on any atom is -0.481 e. The molecular formula is C14H17N3O2. The lowest BCUT2D eigenvalue weighted by molar-refractivity contribution is -0.138. The summed E-state index contributed by atoms with van der Waals surface area (Å²) in [5.74, 6) is -0.714. The standard InChI is InChI=1S/C14H17N3O2/c1-3-17-13(15-9-16-17)8-12(14(18)19)11-7-5-4-6-10(11)2/h4-7,9,12H,3,8H2,1-2H3,(H,18,19). The summed E-state index contributed by atoms with van der Waals surface area (Å²) in [6, 6.07) is 7.56. The van der Waals surface area contributed by atoms with Crippen LogP contribution in [0.2, 0.25) is 0 Å². The van der Waals surface area contributed by atoms with Crippen molar-refractivity contribution in [1.29, 1.82) is 0 Å². The molecule has 5 nitrogen and oxygen atoms in total. The summed E-state index contributed by atoms with van der Waals surface area (Å²) in [4.78, 5) is 15.7. The molecule has 1 aromatic heterocycles. The maximum absolute atomic E-state index is 11.5. The number of carbonyl (C=O) groups is 1. The smallest absolute Gasteiger partial charge is 0.311 e. The summed E-state index contributed by atoms with van der Waals surface area (Å²) >= 11 is 0. The number of aliphatic carboxylic acids is 1. The second kappa shape index (κ2) is 5.65. The van der Waals surface area contributed by atoms with Crippen molar-refractivity contribution in [1.82, 2.24) is 14.8 Å². The molecule has 0 aliphatic rings. The van der Waals surface area contributed by atoms with E-state index >= 15 is 0 Å². The van der Waals surface area contributed by atoms with E-state index in [2.05, 4.69) is 10.1 Å². The molecule has 0 fully saturated rings. The van der Waals surface area contributed by atoms with Crippen molar-refractivity contribution < 1.29 is 9.90 Å². The molecule has 0 radical (unpaired) electrons. The quantitative estimate of drug-likeness (QED) is 0.892. The minimum absolute atomic E-state index is 0.355. The topological polar surface area (TPSA) is 68.0 Å². The van der Waals surface area contributed by atoms with Gasteiger partial charge in [0.25, 0.3) is 0 Å². The highest BCUT2D eigenvalue weighted by Crippen LogP contribution is 2.23. The average Bonchev–Trinajstić information content (AvgIpc) is 2.84. The number of benzene rings is 1. The molecule has 0 saturated heterocycles. The van der Waals surface area contributed by atoms with Gasteiger partial charge < -0.3 is 5.11 Å². The van der Waals surface area contributed by atoms with Crippen LogP contribution in [-0.2, 0) is 17.8 Å². The molecule has 0 bridgehead atoms. The molecule has 0 spiro atoms. The van der Waals surface area contributed by atoms with Crippen molar-refractivity contribution in [3.8, 4) is 0 Å². The van der Waals surface area contributed by atoms with Crippen molar-refractivity contribution in [2.45, 2.75) is 32.7 Å². The fraction of sp³-hybridized carbons (Fsp3) is 0.357. The third kappa shape index (κ3) is 2.81. The van der Waals surface area contributed by atoms with Crippen molar-refractivity contribution >= 4 is 5.97 Å². The first-order valence-electron chi connectivity index (χ1n) is 6.28. The van der Waals surface area contributed by atoms with Crippen LogP contribution in [0.25, 0.3) is 0 Å². The Morgan fingerprint density at radius 1 is 1.42 bits per heavy atom. The van der Waals surface area contributed by atoms with Crippen LogP contribution in [0.4, 0.5) is 0 Å². The largest absolute Gasteiger partial charge is 0.481 e. The second-order valence-electron chi connectivity index (χ2n) is 4.44. The molecule has 1 heterocycles. The highest BCUT2D eigenvalue weighted by atomic mass is 16.4. The van der Waals surface area contributed by atoms with Crippen LogP contribution in [0.5, 0.6) is 0 Å². The fourth-order valence-electron chi connectivity index (χ4n) is 2.20. The first-order chi connectivity index (χ1) is 9.13. The van der Waals surface area contributed by atoms with Crippen molar-refractivity contribution in [3.05, 3.63) is 47.5 Å². The van der Waals surface area contributed by atoms with E-state index in [4.69, 9.17) is 0 Å². The average molecular weight is 259 g/mol. The predicted molar refractivity (Wildman–Crippen MR) is 71.0 cm³/mol. The summed E-state index contributed by atoms with van der Waals surface area (Å²) in [5.41, 5.74) is 1.82. The molecule has 1 aromatic carbocycles. The van der Waals surface area contributed by atoms with E-state index in [-0.39, 0.29) is 0 Å². The van der Waals surface area contributed by atoms with E-state index in [9.17, 15) is 9.90 Å². The molecule has 100 valence electrons. The van der Waals surface area contributed by atoms with Crippen molar-refractivity contribution in [3.63, 3.8) is 0 Å². The molecule has 0 aliphatic heterocycles. The Morgan fingerprint density at radius 3 is 2.79 bits per heavy atom. The maximum atomic E-state index is 11.5. The number of aromatic nitrogens is 3. The van der Waals surface area contributed by atoms with Crippen LogP contribution < -0.4 is 0 Å². The lowest BCUT2D eigenvalue weighted by Gasteiger charge is -2.15. The van der Waals surface area contributed by atoms with E-state index in [1.165, 1.54) is 6.33 Å². The van der Waals surface area contributed by atoms with Gasteiger partial charge in [0.1, 0.15) is 12.2 Å². The number of hydrogen-bond donors (Lipinski definition) is 1. The van der Waals surface area contributed by atoms with Gasteiger partial charge in [-0.2, -0.15) is 5.10 Å². The van der Waals surface area contributed by atoms with Crippen LogP contribution in [0.3, 0.4) is 0 Å². The van der Waals surface area contributed by atoms with Crippen molar-refractivity contribution in [2.75, 3.05) is 0 Å². The highest BCUT2D eigenvalue weighted by Gasteiger charge is 2.23. The van der Waals surface area contributed by atoms with Gasteiger partial charge in [0, 0.05) is 13.0 Å². The zero-order chi connectivity index (χ0) is 13.8. The minimum atomic E-state index is -0.833. The summed E-state index contributed by atoms with van der Waals surface area (Å²) in [6.07, 6.45) is 1.82. The van der Waals surface area contributed by atoms with Crippen LogP contribution in [0, 0.1) is 6.92 Å². The third-order valence-corrected chi connectivity index (χ3v) is 3.24. The van der Waals surface area contributed by atoms with E-state index in [0.29, 0.717) is 18.8 Å². The summed E-state index contributed by atoms with van der Waals surface area (Å²) in [6.45, 7) is 4.58. The molecule has 0 amide bonds. The Morgan fingerprint density at radius 2 is 2.16 bits per heavy atom. The number of carboxylic acids is 1. The highest BCUT2D eigenvalue weighted by molar-refractivity contribution is 5.76. The van der Waals surface area contributed by atoms with E-state index in [1.807, 2.05) is 38.1 Å². The first-order valence-corrected chi connectivity index (χ1v) is 6.28. The SMILES string of the molecule is CCn1ncnc1CC(C(=O)O)c1ccccc1C. The van der Waals surface area contributed by atoms with E-state index < -0.39 is 11.9 Å². The first kappa shape index (κ1) is 13.3. The Balaban J connectivity index is 2.32. The molecule has 5 heteroatoms. The Labute approximate surface area is 111 Å². The van der Waals surface area contributed by atoms with Crippen LogP contribution in [0.1, 0.15) is 29.8 Å². The molecule has 0 aliphatic carbocycles. The van der Waals surface area contributed by atoms with Gasteiger partial charge in [-0.3, -0.25) is 9.48 Å². The summed E-state index contributed by atoms with van der Waals surface area (Å²) < 4.78 is 1.73. The number of aryl methyl sites for hydroxylation is 2. The van der Waals surface area contributed by atoms with Gasteiger partial charge in [0.05, 0.1) is 5.92 Å². The number of rotatable bonds is 5. The van der Waals surface area contributed by atoms with Crippen LogP contribution in [-0.4, -0.2) is 25.8 Å². The Kier molecular flexibility index (Phi) is 3.94. The third-order valence-electron chi connectivity index (χ3n) is 3.24.